The van der Waals surface area contributed by atoms with Crippen molar-refractivity contribution in [2.24, 2.45) is 0 Å². The Balaban J connectivity index is 1.22. The largest absolute Gasteiger partial charge is 0.489 e. The number of ether oxygens (including phenoxy) is 2. The summed E-state index contributed by atoms with van der Waals surface area (Å²) in [7, 11) is 0. The average Bonchev–Trinajstić information content (AvgIpc) is 3.21. The third kappa shape index (κ3) is 5.14. The van der Waals surface area contributed by atoms with Gasteiger partial charge in [0.15, 0.2) is 0 Å². The van der Waals surface area contributed by atoms with Crippen LogP contribution in [0.3, 0.4) is 0 Å². The van der Waals surface area contributed by atoms with Crippen LogP contribution in [0.4, 0.5) is 0 Å². The highest BCUT2D eigenvalue weighted by molar-refractivity contribution is 6.30. The predicted molar refractivity (Wildman–Crippen MR) is 146 cm³/mol. The van der Waals surface area contributed by atoms with Crippen LogP contribution in [-0.4, -0.2) is 44.8 Å². The Labute approximate surface area is 226 Å². The lowest BCUT2D eigenvalue weighted by atomic mass is 9.97. The number of rotatable bonds is 8. The number of nitrogens with zero attached hydrogens (tertiary/aromatic N) is 3. The SMILES string of the molecule is Cc1cc2c(cc1OCc1ccc(Cl)cc1)CN(Cc1nc3ccc(C(=O)O)cc3n1C[C@@H]1CCO1)CC2. The third-order valence-electron chi connectivity index (χ3n) is 7.51. The normalized spacial score (nSPS) is 17.3. The Morgan fingerprint density at radius 2 is 1.97 bits per heavy atom. The number of halogens is 1. The second-order valence-corrected chi connectivity index (χ2v) is 10.6. The molecule has 4 aromatic rings. The van der Waals surface area contributed by atoms with Crippen LogP contribution in [0, 0.1) is 6.92 Å². The van der Waals surface area contributed by atoms with Crippen molar-refractivity contribution in [1.82, 2.24) is 14.5 Å². The van der Waals surface area contributed by atoms with E-state index in [1.54, 1.807) is 18.2 Å². The van der Waals surface area contributed by atoms with E-state index in [0.29, 0.717) is 19.7 Å². The summed E-state index contributed by atoms with van der Waals surface area (Å²) in [4.78, 5) is 18.9. The molecule has 6 rings (SSSR count). The molecular formula is C30H30ClN3O4. The number of fused-ring (bicyclic) bond motifs is 2. The Morgan fingerprint density at radius 3 is 2.71 bits per heavy atom. The van der Waals surface area contributed by atoms with Gasteiger partial charge in [0.05, 0.1) is 35.8 Å². The number of carboxylic acids is 1. The summed E-state index contributed by atoms with van der Waals surface area (Å²) in [6.07, 6.45) is 2.11. The van der Waals surface area contributed by atoms with Crippen LogP contribution in [0.15, 0.2) is 54.6 Å². The molecule has 0 spiro atoms. The molecule has 38 heavy (non-hydrogen) atoms. The van der Waals surface area contributed by atoms with E-state index in [0.717, 1.165) is 71.3 Å². The molecule has 8 heteroatoms. The van der Waals surface area contributed by atoms with E-state index in [9.17, 15) is 9.90 Å². The van der Waals surface area contributed by atoms with Gasteiger partial charge in [-0.15, -0.1) is 0 Å². The molecule has 0 unspecified atom stereocenters. The Bertz CT molecular complexity index is 1490. The molecule has 1 N–H and O–H groups in total. The van der Waals surface area contributed by atoms with Gasteiger partial charge in [0.1, 0.15) is 18.2 Å². The molecule has 1 fully saturated rings. The van der Waals surface area contributed by atoms with E-state index in [1.165, 1.54) is 11.1 Å². The first-order chi connectivity index (χ1) is 18.4. The molecule has 1 atom stereocenters. The fourth-order valence-electron chi connectivity index (χ4n) is 5.26. The lowest BCUT2D eigenvalue weighted by Gasteiger charge is -2.31. The highest BCUT2D eigenvalue weighted by Crippen LogP contribution is 2.30. The molecule has 1 saturated heterocycles. The number of hydrogen-bond donors (Lipinski definition) is 1. The van der Waals surface area contributed by atoms with Gasteiger partial charge >= 0.3 is 5.97 Å². The molecule has 1 aromatic heterocycles. The third-order valence-corrected chi connectivity index (χ3v) is 7.77. The number of carboxylic acid groups (broad SMARTS) is 1. The van der Waals surface area contributed by atoms with Crippen LogP contribution in [0.25, 0.3) is 11.0 Å². The molecule has 2 aliphatic heterocycles. The van der Waals surface area contributed by atoms with Gasteiger partial charge in [-0.05, 0) is 78.4 Å². The molecule has 2 aliphatic rings. The van der Waals surface area contributed by atoms with E-state index in [1.807, 2.05) is 24.3 Å². The maximum Gasteiger partial charge on any atom is 0.335 e. The summed E-state index contributed by atoms with van der Waals surface area (Å²) in [5.74, 6) is 0.905. The number of imidazole rings is 1. The van der Waals surface area contributed by atoms with E-state index in [-0.39, 0.29) is 11.7 Å². The minimum Gasteiger partial charge on any atom is -0.489 e. The van der Waals surface area contributed by atoms with Crippen LogP contribution in [-0.2, 0) is 37.4 Å². The first kappa shape index (κ1) is 24.9. The lowest BCUT2D eigenvalue weighted by molar-refractivity contribution is -0.0592. The van der Waals surface area contributed by atoms with Crippen LogP contribution in [0.5, 0.6) is 5.75 Å². The number of aromatic nitrogens is 2. The minimum absolute atomic E-state index is 0.144. The maximum atomic E-state index is 11.6. The minimum atomic E-state index is -0.932. The summed E-state index contributed by atoms with van der Waals surface area (Å²) in [5.41, 5.74) is 6.78. The van der Waals surface area contributed by atoms with Crippen LogP contribution < -0.4 is 4.74 Å². The molecule has 0 radical (unpaired) electrons. The zero-order valence-corrected chi connectivity index (χ0v) is 22.1. The molecule has 0 amide bonds. The molecule has 0 aliphatic carbocycles. The summed E-state index contributed by atoms with van der Waals surface area (Å²) in [5, 5.41) is 10.2. The fraction of sp³-hybridized carbons (Fsp3) is 0.333. The smallest absolute Gasteiger partial charge is 0.335 e. The van der Waals surface area contributed by atoms with Crippen molar-refractivity contribution in [2.75, 3.05) is 13.2 Å². The highest BCUT2D eigenvalue weighted by Gasteiger charge is 2.25. The van der Waals surface area contributed by atoms with Crippen LogP contribution in [0.2, 0.25) is 5.02 Å². The van der Waals surface area contributed by atoms with Crippen molar-refractivity contribution < 1.29 is 19.4 Å². The molecule has 3 aromatic carbocycles. The lowest BCUT2D eigenvalue weighted by Crippen LogP contribution is -2.34. The number of aromatic carboxylic acids is 1. The number of carbonyl (C=O) groups is 1. The Kier molecular flexibility index (Phi) is 6.82. The van der Waals surface area contributed by atoms with Crippen molar-refractivity contribution >= 4 is 28.6 Å². The summed E-state index contributed by atoms with van der Waals surface area (Å²) >= 11 is 6.01. The van der Waals surface area contributed by atoms with Gasteiger partial charge in [0.2, 0.25) is 0 Å². The highest BCUT2D eigenvalue weighted by atomic mass is 35.5. The van der Waals surface area contributed by atoms with Gasteiger partial charge in [-0.1, -0.05) is 29.8 Å². The first-order valence-corrected chi connectivity index (χ1v) is 13.4. The number of benzene rings is 3. The summed E-state index contributed by atoms with van der Waals surface area (Å²) < 4.78 is 14.1. The summed E-state index contributed by atoms with van der Waals surface area (Å²) in [6, 6.07) is 17.3. The van der Waals surface area contributed by atoms with E-state index < -0.39 is 5.97 Å². The zero-order chi connectivity index (χ0) is 26.2. The standard InChI is InChI=1S/C30H30ClN3O4/c1-19-12-21-8-10-33(15-23(21)14-28(19)38-18-20-2-5-24(31)6-3-20)17-29-32-26-7-4-22(30(35)36)13-27(26)34(29)16-25-9-11-37-25/h2-7,12-14,25H,8-11,15-18H2,1H3,(H,35,36)/t25-/m0/s1. The Hall–Kier alpha value is -3.39. The Morgan fingerprint density at radius 1 is 1.16 bits per heavy atom. The van der Waals surface area contributed by atoms with Crippen molar-refractivity contribution in [1.29, 1.82) is 0 Å². The van der Waals surface area contributed by atoms with Crippen molar-refractivity contribution in [3.63, 3.8) is 0 Å². The molecule has 196 valence electrons. The second kappa shape index (κ2) is 10.4. The molecule has 0 saturated carbocycles. The van der Waals surface area contributed by atoms with Crippen LogP contribution in [0.1, 0.15) is 44.9 Å². The van der Waals surface area contributed by atoms with Crippen molar-refractivity contribution in [3.8, 4) is 5.75 Å². The maximum absolute atomic E-state index is 11.6. The van der Waals surface area contributed by atoms with E-state index in [4.69, 9.17) is 26.1 Å². The van der Waals surface area contributed by atoms with E-state index >= 15 is 0 Å². The second-order valence-electron chi connectivity index (χ2n) is 10.2. The quantitative estimate of drug-likeness (QED) is 0.318. The van der Waals surface area contributed by atoms with Gasteiger partial charge in [-0.2, -0.15) is 0 Å². The molecular weight excluding hydrogens is 502 g/mol. The monoisotopic (exact) mass is 531 g/mol. The number of aryl methyl sites for hydroxylation is 1. The predicted octanol–water partition coefficient (Wildman–Crippen LogP) is 5.62. The average molecular weight is 532 g/mol. The van der Waals surface area contributed by atoms with Crippen LogP contribution >= 0.6 is 11.6 Å². The van der Waals surface area contributed by atoms with Gasteiger partial charge in [-0.25, -0.2) is 9.78 Å². The summed E-state index contributed by atoms with van der Waals surface area (Å²) in [6.45, 7) is 6.46. The first-order valence-electron chi connectivity index (χ1n) is 13.0. The van der Waals surface area contributed by atoms with Gasteiger partial charge < -0.3 is 19.1 Å². The van der Waals surface area contributed by atoms with Crippen molar-refractivity contribution in [2.45, 2.75) is 52.1 Å². The zero-order valence-electron chi connectivity index (χ0n) is 21.3. The fourth-order valence-corrected chi connectivity index (χ4v) is 5.39. The van der Waals surface area contributed by atoms with Gasteiger partial charge in [0, 0.05) is 24.7 Å². The molecule has 3 heterocycles. The van der Waals surface area contributed by atoms with Crippen molar-refractivity contribution in [3.05, 3.63) is 93.3 Å². The molecule has 7 nitrogen and oxygen atoms in total. The topological polar surface area (TPSA) is 76.8 Å². The van der Waals surface area contributed by atoms with E-state index in [2.05, 4.69) is 28.5 Å². The number of hydrogen-bond acceptors (Lipinski definition) is 5. The molecule has 0 bridgehead atoms. The van der Waals surface area contributed by atoms with Gasteiger partial charge in [-0.3, -0.25) is 4.90 Å². The van der Waals surface area contributed by atoms with Gasteiger partial charge in [0.25, 0.3) is 0 Å².